The first-order chi connectivity index (χ1) is 11.1. The monoisotopic (exact) mass is 315 g/mol. The lowest BCUT2D eigenvalue weighted by molar-refractivity contribution is 0.0715. The molecule has 0 radical (unpaired) electrons. The summed E-state index contributed by atoms with van der Waals surface area (Å²) < 4.78 is 2.01. The largest absolute Gasteiger partial charge is 0.332 e. The molecule has 6 nitrogen and oxygen atoms in total. The summed E-state index contributed by atoms with van der Waals surface area (Å²) in [6.07, 6.45) is 4.04. The molecule has 0 unspecified atom stereocenters. The van der Waals surface area contributed by atoms with Crippen LogP contribution in [-0.2, 0) is 13.0 Å². The molecule has 3 rings (SSSR count). The second-order valence-electron chi connectivity index (χ2n) is 6.43. The highest BCUT2D eigenvalue weighted by Gasteiger charge is 2.31. The van der Waals surface area contributed by atoms with Crippen molar-refractivity contribution in [1.82, 2.24) is 24.9 Å². The van der Waals surface area contributed by atoms with E-state index in [2.05, 4.69) is 35.2 Å². The second-order valence-corrected chi connectivity index (χ2v) is 6.43. The number of hydrogen-bond donors (Lipinski definition) is 1. The summed E-state index contributed by atoms with van der Waals surface area (Å²) in [6, 6.07) is 4.17. The first kappa shape index (κ1) is 15.8. The summed E-state index contributed by atoms with van der Waals surface area (Å²) in [6.45, 7) is 7.75. The Morgan fingerprint density at radius 3 is 2.91 bits per heavy atom. The molecule has 1 saturated heterocycles. The van der Waals surface area contributed by atoms with Gasteiger partial charge in [-0.25, -0.2) is 0 Å². The van der Waals surface area contributed by atoms with E-state index in [0.717, 1.165) is 55.9 Å². The smallest absolute Gasteiger partial charge is 0.274 e. The van der Waals surface area contributed by atoms with Gasteiger partial charge in [0.25, 0.3) is 5.91 Å². The maximum absolute atomic E-state index is 12.8. The Hall–Kier alpha value is -2.11. The van der Waals surface area contributed by atoms with Crippen LogP contribution in [0.15, 0.2) is 12.1 Å². The van der Waals surface area contributed by atoms with Crippen molar-refractivity contribution in [3.63, 3.8) is 0 Å². The van der Waals surface area contributed by atoms with E-state index in [9.17, 15) is 4.79 Å². The molecule has 1 N–H and O–H groups in total. The lowest BCUT2D eigenvalue weighted by atomic mass is 10.2. The molecule has 1 aliphatic heterocycles. The minimum Gasteiger partial charge on any atom is -0.332 e. The molecule has 0 bridgehead atoms. The van der Waals surface area contributed by atoms with E-state index in [1.165, 1.54) is 0 Å². The first-order valence-electron chi connectivity index (χ1n) is 8.44. The van der Waals surface area contributed by atoms with Gasteiger partial charge in [0.05, 0.1) is 18.3 Å². The first-order valence-corrected chi connectivity index (χ1v) is 8.44. The number of aromatic amines is 1. The molecule has 1 aliphatic rings. The molecule has 6 heteroatoms. The highest BCUT2D eigenvalue weighted by molar-refractivity contribution is 5.92. The van der Waals surface area contributed by atoms with Gasteiger partial charge < -0.3 is 4.90 Å². The van der Waals surface area contributed by atoms with E-state index in [4.69, 9.17) is 0 Å². The van der Waals surface area contributed by atoms with Gasteiger partial charge in [0, 0.05) is 17.9 Å². The third-order valence-electron chi connectivity index (χ3n) is 4.49. The summed E-state index contributed by atoms with van der Waals surface area (Å²) in [4.78, 5) is 14.7. The quantitative estimate of drug-likeness (QED) is 0.922. The van der Waals surface area contributed by atoms with Crippen molar-refractivity contribution in [2.75, 3.05) is 6.54 Å². The van der Waals surface area contributed by atoms with Gasteiger partial charge in [-0.15, -0.1) is 0 Å². The van der Waals surface area contributed by atoms with Crippen molar-refractivity contribution < 1.29 is 4.79 Å². The van der Waals surface area contributed by atoms with Crippen molar-refractivity contribution in [3.05, 3.63) is 34.9 Å². The third-order valence-corrected chi connectivity index (χ3v) is 4.49. The fourth-order valence-corrected chi connectivity index (χ4v) is 3.37. The summed E-state index contributed by atoms with van der Waals surface area (Å²) in [5.41, 5.74) is 3.74. The van der Waals surface area contributed by atoms with Crippen LogP contribution in [-0.4, -0.2) is 43.4 Å². The molecular formula is C17H25N5O. The zero-order valence-corrected chi connectivity index (χ0v) is 14.2. The van der Waals surface area contributed by atoms with Crippen molar-refractivity contribution in [3.8, 4) is 0 Å². The fraction of sp³-hybridized carbons (Fsp3) is 0.588. The molecule has 3 heterocycles. The minimum atomic E-state index is 0.0348. The Morgan fingerprint density at radius 1 is 1.39 bits per heavy atom. The Kier molecular flexibility index (Phi) is 4.50. The van der Waals surface area contributed by atoms with Gasteiger partial charge in [0.1, 0.15) is 5.69 Å². The number of carbonyl (C=O) groups excluding carboxylic acids is 1. The van der Waals surface area contributed by atoms with Crippen LogP contribution in [0.2, 0.25) is 0 Å². The fourth-order valence-electron chi connectivity index (χ4n) is 3.37. The predicted octanol–water partition coefficient (Wildman–Crippen LogP) is 2.48. The van der Waals surface area contributed by atoms with Crippen molar-refractivity contribution in [2.24, 2.45) is 0 Å². The maximum Gasteiger partial charge on any atom is 0.274 e. The number of nitrogens with one attached hydrogen (secondary N) is 1. The Morgan fingerprint density at radius 2 is 2.22 bits per heavy atom. The summed E-state index contributed by atoms with van der Waals surface area (Å²) in [5.74, 6) is 0.0348. The number of aromatic nitrogens is 4. The lowest BCUT2D eigenvalue weighted by Crippen LogP contribution is -2.38. The molecule has 0 spiro atoms. The normalized spacial score (nSPS) is 17.9. The predicted molar refractivity (Wildman–Crippen MR) is 88.3 cm³/mol. The molecule has 0 saturated carbocycles. The lowest BCUT2D eigenvalue weighted by Gasteiger charge is -2.24. The van der Waals surface area contributed by atoms with Gasteiger partial charge in [0.2, 0.25) is 0 Å². The number of aryl methyl sites for hydroxylation is 3. The SMILES string of the molecule is CCCc1cc(C(=O)N2CCC[C@H]2Cn2nc(C)cc2C)n[nH]1. The van der Waals surface area contributed by atoms with Gasteiger partial charge in [-0.2, -0.15) is 10.2 Å². The van der Waals surface area contributed by atoms with Gasteiger partial charge >= 0.3 is 0 Å². The summed E-state index contributed by atoms with van der Waals surface area (Å²) >= 11 is 0. The van der Waals surface area contributed by atoms with Gasteiger partial charge in [-0.05, 0) is 45.2 Å². The van der Waals surface area contributed by atoms with E-state index < -0.39 is 0 Å². The number of H-pyrrole nitrogens is 1. The number of carbonyl (C=O) groups is 1. The molecule has 2 aromatic heterocycles. The van der Waals surface area contributed by atoms with Crippen LogP contribution in [0.25, 0.3) is 0 Å². The maximum atomic E-state index is 12.8. The molecule has 124 valence electrons. The van der Waals surface area contributed by atoms with E-state index in [1.807, 2.05) is 22.6 Å². The van der Waals surface area contributed by atoms with Crippen molar-refractivity contribution in [1.29, 1.82) is 0 Å². The molecule has 23 heavy (non-hydrogen) atoms. The highest BCUT2D eigenvalue weighted by atomic mass is 16.2. The Balaban J connectivity index is 1.72. The molecule has 0 aromatic carbocycles. The van der Waals surface area contributed by atoms with Crippen LogP contribution < -0.4 is 0 Å². The van der Waals surface area contributed by atoms with Crippen LogP contribution in [0.5, 0.6) is 0 Å². The van der Waals surface area contributed by atoms with E-state index in [1.54, 1.807) is 0 Å². The standard InChI is InChI=1S/C17H25N5O/c1-4-6-14-10-16(19-18-14)17(23)21-8-5-7-15(21)11-22-13(3)9-12(2)20-22/h9-10,15H,4-8,11H2,1-3H3,(H,18,19)/t15-/m0/s1. The van der Waals surface area contributed by atoms with Crippen LogP contribution in [0, 0.1) is 13.8 Å². The van der Waals surface area contributed by atoms with E-state index >= 15 is 0 Å². The summed E-state index contributed by atoms with van der Waals surface area (Å²) in [5, 5.41) is 11.7. The van der Waals surface area contributed by atoms with Crippen LogP contribution in [0.1, 0.15) is 53.8 Å². The Bertz CT molecular complexity index is 687. The number of hydrogen-bond acceptors (Lipinski definition) is 3. The zero-order valence-electron chi connectivity index (χ0n) is 14.2. The number of rotatable bonds is 5. The van der Waals surface area contributed by atoms with Gasteiger partial charge in [0.15, 0.2) is 0 Å². The highest BCUT2D eigenvalue weighted by Crippen LogP contribution is 2.22. The van der Waals surface area contributed by atoms with E-state index in [0.29, 0.717) is 5.69 Å². The second kappa shape index (κ2) is 6.56. The molecular weight excluding hydrogens is 290 g/mol. The molecule has 0 aliphatic carbocycles. The van der Waals surface area contributed by atoms with Crippen molar-refractivity contribution >= 4 is 5.91 Å². The molecule has 1 fully saturated rings. The third kappa shape index (κ3) is 3.30. The Labute approximate surface area is 136 Å². The number of likely N-dealkylation sites (tertiary alicyclic amines) is 1. The van der Waals surface area contributed by atoms with Crippen LogP contribution in [0.3, 0.4) is 0 Å². The minimum absolute atomic E-state index is 0.0348. The number of amides is 1. The molecule has 1 amide bonds. The van der Waals surface area contributed by atoms with Crippen molar-refractivity contribution in [2.45, 2.75) is 59.0 Å². The van der Waals surface area contributed by atoms with Gasteiger partial charge in [-0.1, -0.05) is 13.3 Å². The zero-order chi connectivity index (χ0) is 16.4. The van der Waals surface area contributed by atoms with Crippen LogP contribution >= 0.6 is 0 Å². The van der Waals surface area contributed by atoms with E-state index in [-0.39, 0.29) is 11.9 Å². The topological polar surface area (TPSA) is 66.8 Å². The average molecular weight is 315 g/mol. The van der Waals surface area contributed by atoms with Gasteiger partial charge in [-0.3, -0.25) is 14.6 Å². The average Bonchev–Trinajstić information content (AvgIpc) is 3.21. The number of nitrogens with zero attached hydrogens (tertiary/aromatic N) is 4. The van der Waals surface area contributed by atoms with Crippen LogP contribution in [0.4, 0.5) is 0 Å². The summed E-state index contributed by atoms with van der Waals surface area (Å²) in [7, 11) is 0. The molecule has 2 aromatic rings. The molecule has 1 atom stereocenters.